The smallest absolute Gasteiger partial charge is 0.335 e. The van der Waals surface area contributed by atoms with Crippen molar-refractivity contribution in [1.82, 2.24) is 10.3 Å². The SMILES string of the molecule is Cc1cc(N2C(=S)N[C@@H](c3ccccn3)[C@H]2c2ccc(-c3ccc(C(=O)O)cc3C)o2)ccc1NC(=O)C(C)C. The van der Waals surface area contributed by atoms with Crippen LogP contribution < -0.4 is 15.5 Å². The van der Waals surface area contributed by atoms with Crippen LogP contribution in [0.4, 0.5) is 11.4 Å². The van der Waals surface area contributed by atoms with E-state index in [0.717, 1.165) is 33.8 Å². The molecule has 0 unspecified atom stereocenters. The van der Waals surface area contributed by atoms with Gasteiger partial charge in [0.2, 0.25) is 5.91 Å². The first kappa shape index (κ1) is 27.1. The van der Waals surface area contributed by atoms with E-state index in [1.807, 2.05) is 81.1 Å². The second kappa shape index (κ2) is 10.9. The molecule has 0 aliphatic carbocycles. The molecule has 204 valence electrons. The maximum Gasteiger partial charge on any atom is 0.335 e. The fourth-order valence-corrected chi connectivity index (χ4v) is 5.21. The summed E-state index contributed by atoms with van der Waals surface area (Å²) in [6.45, 7) is 7.53. The van der Waals surface area contributed by atoms with Crippen LogP contribution in [0.5, 0.6) is 0 Å². The fraction of sp³-hybridized carbons (Fsp3) is 0.226. The second-order valence-corrected chi connectivity index (χ2v) is 10.6. The van der Waals surface area contributed by atoms with Crippen molar-refractivity contribution < 1.29 is 19.1 Å². The molecule has 1 fully saturated rings. The Labute approximate surface area is 238 Å². The molecule has 5 rings (SSSR count). The zero-order chi connectivity index (χ0) is 28.6. The molecule has 1 aliphatic heterocycles. The van der Waals surface area contributed by atoms with Gasteiger partial charge in [0.1, 0.15) is 17.6 Å². The van der Waals surface area contributed by atoms with E-state index in [0.29, 0.717) is 16.6 Å². The van der Waals surface area contributed by atoms with Crippen molar-refractivity contribution in [2.24, 2.45) is 5.92 Å². The molecule has 0 radical (unpaired) electrons. The minimum Gasteiger partial charge on any atom is -0.478 e. The number of carbonyl (C=O) groups is 2. The summed E-state index contributed by atoms with van der Waals surface area (Å²) in [4.78, 5) is 30.3. The van der Waals surface area contributed by atoms with Crippen LogP contribution in [0, 0.1) is 19.8 Å². The number of benzene rings is 2. The summed E-state index contributed by atoms with van der Waals surface area (Å²) in [6, 6.07) is 19.7. The molecule has 0 spiro atoms. The van der Waals surface area contributed by atoms with Gasteiger partial charge in [0.25, 0.3) is 0 Å². The maximum atomic E-state index is 12.3. The first-order valence-electron chi connectivity index (χ1n) is 13.0. The summed E-state index contributed by atoms with van der Waals surface area (Å²) >= 11 is 5.84. The van der Waals surface area contributed by atoms with Crippen molar-refractivity contribution in [3.63, 3.8) is 0 Å². The number of nitrogens with zero attached hydrogens (tertiary/aromatic N) is 2. The van der Waals surface area contributed by atoms with Crippen LogP contribution in [0.2, 0.25) is 0 Å². The van der Waals surface area contributed by atoms with Crippen LogP contribution in [0.25, 0.3) is 11.3 Å². The monoisotopic (exact) mass is 554 g/mol. The number of pyridine rings is 1. The van der Waals surface area contributed by atoms with Crippen LogP contribution in [0.15, 0.2) is 77.3 Å². The van der Waals surface area contributed by atoms with Crippen LogP contribution in [0.3, 0.4) is 0 Å². The first-order chi connectivity index (χ1) is 19.1. The molecule has 1 aliphatic rings. The van der Waals surface area contributed by atoms with Crippen molar-refractivity contribution >= 4 is 40.6 Å². The van der Waals surface area contributed by atoms with Crippen molar-refractivity contribution in [2.45, 2.75) is 39.8 Å². The first-order valence-corrected chi connectivity index (χ1v) is 13.4. The molecule has 40 heavy (non-hydrogen) atoms. The number of nitrogens with one attached hydrogen (secondary N) is 2. The van der Waals surface area contributed by atoms with Gasteiger partial charge in [0.05, 0.1) is 17.3 Å². The normalized spacial score (nSPS) is 16.7. The number of carboxylic acids is 1. The number of anilines is 2. The van der Waals surface area contributed by atoms with Crippen LogP contribution in [0.1, 0.15) is 58.9 Å². The average Bonchev–Trinajstić information content (AvgIpc) is 3.54. The predicted octanol–water partition coefficient (Wildman–Crippen LogP) is 6.43. The highest BCUT2D eigenvalue weighted by atomic mass is 32.1. The molecule has 3 heterocycles. The zero-order valence-electron chi connectivity index (χ0n) is 22.6. The highest BCUT2D eigenvalue weighted by Crippen LogP contribution is 2.43. The fourth-order valence-electron chi connectivity index (χ4n) is 4.87. The van der Waals surface area contributed by atoms with Crippen molar-refractivity contribution in [3.8, 4) is 11.3 Å². The average molecular weight is 555 g/mol. The molecule has 0 bridgehead atoms. The van der Waals surface area contributed by atoms with Crippen LogP contribution in [-0.2, 0) is 4.79 Å². The maximum absolute atomic E-state index is 12.3. The number of aryl methyl sites for hydroxylation is 2. The summed E-state index contributed by atoms with van der Waals surface area (Å²) < 4.78 is 6.45. The molecule has 0 saturated carbocycles. The Morgan fingerprint density at radius 1 is 1.05 bits per heavy atom. The quantitative estimate of drug-likeness (QED) is 0.224. The molecule has 9 heteroatoms. The summed E-state index contributed by atoms with van der Waals surface area (Å²) in [5.74, 6) is 0.158. The number of hydrogen-bond donors (Lipinski definition) is 3. The number of hydrogen-bond acceptors (Lipinski definition) is 5. The minimum atomic E-state index is -0.973. The van der Waals surface area contributed by atoms with Gasteiger partial charge in [0.15, 0.2) is 5.11 Å². The Hall–Kier alpha value is -4.50. The third-order valence-electron chi connectivity index (χ3n) is 7.03. The Bertz CT molecular complexity index is 1600. The largest absolute Gasteiger partial charge is 0.478 e. The Balaban J connectivity index is 1.55. The van der Waals surface area contributed by atoms with Gasteiger partial charge in [-0.25, -0.2) is 4.79 Å². The predicted molar refractivity (Wildman–Crippen MR) is 158 cm³/mol. The topological polar surface area (TPSA) is 108 Å². The highest BCUT2D eigenvalue weighted by Gasteiger charge is 2.42. The summed E-state index contributed by atoms with van der Waals surface area (Å²) in [7, 11) is 0. The van der Waals surface area contributed by atoms with E-state index in [1.54, 1.807) is 24.4 Å². The van der Waals surface area contributed by atoms with E-state index < -0.39 is 5.97 Å². The number of thiocarbonyl (C=S) groups is 1. The standard InChI is InChI=1S/C31H30N4O4S/c1-17(2)29(36)33-23-11-9-21(16-19(23)4)35-28(27(34-31(35)40)24-7-5-6-14-32-24)26-13-12-25(39-26)22-10-8-20(30(37)38)15-18(22)3/h5-17,27-28H,1-4H3,(H,33,36)(H,34,40)(H,37,38)/t27-,28+/m0/s1. The molecule has 2 aromatic heterocycles. The van der Waals surface area contributed by atoms with Gasteiger partial charge in [-0.2, -0.15) is 0 Å². The third kappa shape index (κ3) is 5.20. The molecular weight excluding hydrogens is 524 g/mol. The number of rotatable bonds is 7. The summed E-state index contributed by atoms with van der Waals surface area (Å²) in [5.41, 5.74) is 5.15. The Morgan fingerprint density at radius 2 is 1.85 bits per heavy atom. The molecule has 1 saturated heterocycles. The molecule has 2 atom stereocenters. The van der Waals surface area contributed by atoms with E-state index in [1.165, 1.54) is 0 Å². The molecular formula is C31H30N4O4S. The lowest BCUT2D eigenvalue weighted by atomic mass is 10.0. The number of carboxylic acid groups (broad SMARTS) is 1. The molecule has 3 N–H and O–H groups in total. The van der Waals surface area contributed by atoms with Gasteiger partial charge in [-0.3, -0.25) is 9.78 Å². The van der Waals surface area contributed by atoms with Gasteiger partial charge >= 0.3 is 5.97 Å². The van der Waals surface area contributed by atoms with E-state index >= 15 is 0 Å². The van der Waals surface area contributed by atoms with Gasteiger partial charge in [-0.15, -0.1) is 0 Å². The number of furan rings is 1. The molecule has 4 aromatic rings. The number of carbonyl (C=O) groups excluding carboxylic acids is 1. The lowest BCUT2D eigenvalue weighted by Crippen LogP contribution is -2.29. The molecule has 1 amide bonds. The second-order valence-electron chi connectivity index (χ2n) is 10.2. The van der Waals surface area contributed by atoms with Crippen molar-refractivity contribution in [3.05, 3.63) is 101 Å². The van der Waals surface area contributed by atoms with Gasteiger partial charge < -0.3 is 25.1 Å². The summed E-state index contributed by atoms with van der Waals surface area (Å²) in [5, 5.41) is 16.3. The van der Waals surface area contributed by atoms with E-state index in [2.05, 4.69) is 15.6 Å². The van der Waals surface area contributed by atoms with Gasteiger partial charge in [0, 0.05) is 29.1 Å². The molecule has 2 aromatic carbocycles. The number of aromatic nitrogens is 1. The van der Waals surface area contributed by atoms with Gasteiger partial charge in [-0.1, -0.05) is 26.0 Å². The van der Waals surface area contributed by atoms with E-state index in [4.69, 9.17) is 16.6 Å². The van der Waals surface area contributed by atoms with Crippen molar-refractivity contribution in [2.75, 3.05) is 10.2 Å². The lowest BCUT2D eigenvalue weighted by Gasteiger charge is -2.27. The Kier molecular flexibility index (Phi) is 7.40. The van der Waals surface area contributed by atoms with Gasteiger partial charge in [-0.05, 0) is 91.8 Å². The van der Waals surface area contributed by atoms with Crippen LogP contribution in [-0.4, -0.2) is 27.1 Å². The van der Waals surface area contributed by atoms with Crippen molar-refractivity contribution in [1.29, 1.82) is 0 Å². The minimum absolute atomic E-state index is 0.0444. The van der Waals surface area contributed by atoms with E-state index in [-0.39, 0.29) is 29.5 Å². The Morgan fingerprint density at radius 3 is 2.50 bits per heavy atom. The third-order valence-corrected chi connectivity index (χ3v) is 7.34. The zero-order valence-corrected chi connectivity index (χ0v) is 23.5. The molecule has 8 nitrogen and oxygen atoms in total. The van der Waals surface area contributed by atoms with E-state index in [9.17, 15) is 14.7 Å². The van der Waals surface area contributed by atoms with Crippen LogP contribution >= 0.6 is 12.2 Å². The lowest BCUT2D eigenvalue weighted by molar-refractivity contribution is -0.118. The summed E-state index contributed by atoms with van der Waals surface area (Å²) in [6.07, 6.45) is 1.75. The highest BCUT2D eigenvalue weighted by molar-refractivity contribution is 7.80. The number of amides is 1. The number of aromatic carboxylic acids is 1.